The van der Waals surface area contributed by atoms with Gasteiger partial charge in [-0.3, -0.25) is 24.0 Å². The largest absolute Gasteiger partial charge is 0.488 e. The second-order valence-corrected chi connectivity index (χ2v) is 41.5. The first-order chi connectivity index (χ1) is 58.3. The topological polar surface area (TPSA) is 301 Å². The van der Waals surface area contributed by atoms with Crippen LogP contribution in [0.2, 0.25) is 0 Å². The lowest BCUT2D eigenvalue weighted by molar-refractivity contribution is -0.245. The smallest absolute Gasteiger partial charge is 0.480 e. The number of alkyl halides is 9. The van der Waals surface area contributed by atoms with Crippen molar-refractivity contribution in [2.75, 3.05) is 26.4 Å². The van der Waals surface area contributed by atoms with Gasteiger partial charge >= 0.3 is 55.9 Å². The maximum atomic E-state index is 14.2. The van der Waals surface area contributed by atoms with Crippen LogP contribution in [0.25, 0.3) is 29.2 Å². The van der Waals surface area contributed by atoms with E-state index in [1.165, 1.54) is 57.3 Å². The number of aliphatic hydroxyl groups excluding tert-OH is 1. The number of carboxylic acids is 1. The van der Waals surface area contributed by atoms with Crippen LogP contribution in [0.1, 0.15) is 179 Å². The van der Waals surface area contributed by atoms with Crippen molar-refractivity contribution in [1.29, 1.82) is 0 Å². The zero-order chi connectivity index (χ0) is 95.3. The number of aliphatic carboxylic acids is 1. The molecule has 20 nitrogen and oxygen atoms in total. The molecule has 9 rings (SSSR count). The molecule has 126 heavy (non-hydrogen) atoms. The molecular weight excluding hydrogens is 1750 g/mol. The monoisotopic (exact) mass is 1870 g/mol. The number of esters is 3. The van der Waals surface area contributed by atoms with E-state index in [0.717, 1.165) is 30.7 Å². The molecule has 8 aromatic carbocycles. The minimum Gasteiger partial charge on any atom is -0.488 e. The van der Waals surface area contributed by atoms with Crippen molar-refractivity contribution in [1.82, 2.24) is 5.32 Å². The first-order valence-corrected chi connectivity index (χ1v) is 46.9. The molecule has 0 aliphatic carbocycles. The van der Waals surface area contributed by atoms with Gasteiger partial charge in [-0.15, -0.1) is 0 Å². The Balaban J connectivity index is 0.000000360. The van der Waals surface area contributed by atoms with Gasteiger partial charge in [0.2, 0.25) is 5.91 Å². The SMILES string of the molecule is CC(C)(C)Oc1ccc([S+](c2ccccc2)c2ccccc2)cc1.CCC(C)(C)C(=O)O.CCC(C)(C)C(=O)OC(C)(C)C.CCC(C)(C)C(=O)OCCOC(=O)CCC(=O)NCCc1ccc(OS(=O)(=O)C(F)(F)C(F)(F)C(F)(F)S(=O)(=O)[N-]S(=O)(=O)C(F)(F)F)cc1.CCC(C)c1ccccc1.OCCc1ccc(-[s+]2c3ccccc3c3ccccc32)cc1. The number of aliphatic hydroxyl groups is 1. The number of ether oxygens (including phenoxy) is 4. The Morgan fingerprint density at radius 3 is 1.33 bits per heavy atom. The fourth-order valence-corrected chi connectivity index (χ4v) is 17.9. The van der Waals surface area contributed by atoms with Crippen LogP contribution in [0.3, 0.4) is 0 Å². The Morgan fingerprint density at radius 2 is 0.897 bits per heavy atom. The van der Waals surface area contributed by atoms with Crippen molar-refractivity contribution in [2.24, 2.45) is 16.2 Å². The Labute approximate surface area is 739 Å². The first kappa shape index (κ1) is 109. The molecule has 0 radical (unpaired) electrons. The highest BCUT2D eigenvalue weighted by Crippen LogP contribution is 2.54. The van der Waals surface area contributed by atoms with E-state index >= 15 is 0 Å². The van der Waals surface area contributed by atoms with E-state index < -0.39 is 92.5 Å². The third kappa shape index (κ3) is 32.0. The third-order valence-corrected chi connectivity index (χ3v) is 28.0. The number of nitrogens with zero attached hydrogens (tertiary/aromatic N) is 1. The van der Waals surface area contributed by atoms with E-state index in [0.29, 0.717) is 35.0 Å². The number of benzene rings is 8. The zero-order valence-electron chi connectivity index (χ0n) is 73.6. The third-order valence-electron chi connectivity index (χ3n) is 19.1. The Morgan fingerprint density at radius 1 is 0.476 bits per heavy atom. The summed E-state index contributed by atoms with van der Waals surface area (Å²) in [6, 6.07) is 69.6. The van der Waals surface area contributed by atoms with Crippen molar-refractivity contribution in [3.05, 3.63) is 233 Å². The summed E-state index contributed by atoms with van der Waals surface area (Å²) in [7, 11) is -23.0. The van der Waals surface area contributed by atoms with Crippen LogP contribution >= 0.6 is 10.5 Å². The minimum atomic E-state index is -8.05. The summed E-state index contributed by atoms with van der Waals surface area (Å²) in [6.45, 7) is 32.2. The summed E-state index contributed by atoms with van der Waals surface area (Å²) in [6.07, 6.45) is 3.20. The summed E-state index contributed by atoms with van der Waals surface area (Å²) in [4.78, 5) is 62.6. The number of carbonyl (C=O) groups is 5. The second-order valence-electron chi connectivity index (χ2n) is 32.5. The average molecular weight is 1870 g/mol. The van der Waals surface area contributed by atoms with Crippen LogP contribution in [0.4, 0.5) is 39.5 Å². The van der Waals surface area contributed by atoms with Crippen LogP contribution < -0.4 is 14.2 Å². The van der Waals surface area contributed by atoms with Gasteiger partial charge in [0.25, 0.3) is 0 Å². The molecule has 0 fully saturated rings. The van der Waals surface area contributed by atoms with E-state index in [1.54, 1.807) is 34.6 Å². The van der Waals surface area contributed by atoms with Crippen molar-refractivity contribution >= 4 is 101 Å². The summed E-state index contributed by atoms with van der Waals surface area (Å²) in [5.41, 5.74) is -6.10. The van der Waals surface area contributed by atoms with Gasteiger partial charge in [-0.05, 0) is 241 Å². The quantitative estimate of drug-likeness (QED) is 0.00881. The number of nitrogens with one attached hydrogen (secondary N) is 1. The molecule has 1 atom stereocenters. The molecule has 1 heterocycles. The van der Waals surface area contributed by atoms with E-state index in [9.17, 15) is 88.7 Å². The lowest BCUT2D eigenvalue weighted by atomic mass is 9.90. The molecule has 0 saturated heterocycles. The lowest BCUT2D eigenvalue weighted by Crippen LogP contribution is -2.61. The van der Waals surface area contributed by atoms with Gasteiger partial charge in [0, 0.05) is 40.8 Å². The molecule has 1 unspecified atom stereocenters. The maximum Gasteiger partial charge on any atom is 0.480 e. The molecule has 34 heteroatoms. The predicted molar refractivity (Wildman–Crippen MR) is 475 cm³/mol. The fraction of sp³-hybridized carbons (Fsp3) is 0.424. The van der Waals surface area contributed by atoms with Gasteiger partial charge in [-0.2, -0.15) is 47.9 Å². The van der Waals surface area contributed by atoms with Crippen molar-refractivity contribution in [3.8, 4) is 16.4 Å². The Bertz CT molecular complexity index is 5230. The minimum absolute atomic E-state index is 0.0153. The number of rotatable bonds is 32. The van der Waals surface area contributed by atoms with E-state index in [1.807, 2.05) is 48.5 Å². The number of hydrogen-bond acceptors (Lipinski definition) is 17. The van der Waals surface area contributed by atoms with Crippen molar-refractivity contribution in [3.63, 3.8) is 0 Å². The van der Waals surface area contributed by atoms with Crippen LogP contribution in [0, 0.1) is 16.2 Å². The van der Waals surface area contributed by atoms with Gasteiger partial charge in [0.15, 0.2) is 49.0 Å². The maximum absolute atomic E-state index is 14.2. The molecule has 0 aliphatic heterocycles. The number of halogens is 9. The molecule has 0 aliphatic rings. The van der Waals surface area contributed by atoms with Crippen LogP contribution in [-0.2, 0) is 92.1 Å². The van der Waals surface area contributed by atoms with Gasteiger partial charge in [-0.25, -0.2) is 16.8 Å². The highest BCUT2D eigenvalue weighted by atomic mass is 32.3. The summed E-state index contributed by atoms with van der Waals surface area (Å²) >= 11 is 0. The summed E-state index contributed by atoms with van der Waals surface area (Å²) < 4.78 is 218. The number of fused-ring (bicyclic) bond motifs is 3. The summed E-state index contributed by atoms with van der Waals surface area (Å²) in [5.74, 6) is -10.0. The van der Waals surface area contributed by atoms with Gasteiger partial charge in [0.1, 0.15) is 35.9 Å². The standard InChI is InChI=1S/C24H28F9N2O12S3.C22H23OS.C20H17OS.C10H20O2.C10H14.C6H12O2/c1-4-20(2,3)19(38)46-14-13-45-18(37)10-9-17(36)34-12-11-15-5-7-16(8-6-15)47-50(43,44)23(29,30)21(25,26)22(27,28)48(39,40)35-49(41,42)24(31,32)33;1-22(2,3)23-18-14-16-21(17-15-18)24(19-10-6-4-7-11-19)20-12-8-5-9-13-20;21-14-13-15-9-11-16(12-10-15)22-19-7-3-1-5-17(19)18-6-2-4-8-20(18)22;1-7-10(5,6)8(11)12-9(2,3)4;1-3-9(2)10-7-5-4-6-8-10;1-4-6(2,3)5(7)8/h5-8H,4,9-14H2,1-3H3,(H,34,36);4-17H,1-3H3;1-12,21H,13-14H2;7H2,1-6H3;4-9H,3H2,1-2H3;4H2,1-3H3,(H,7,8)/q-1;2*+1;;;. The molecule has 692 valence electrons. The highest BCUT2D eigenvalue weighted by Gasteiger charge is 2.81. The van der Waals surface area contributed by atoms with Crippen molar-refractivity contribution < 1.29 is 122 Å². The van der Waals surface area contributed by atoms with Crippen LogP contribution in [-0.4, -0.2) is 125 Å². The molecule has 9 aromatic rings. The Hall–Kier alpha value is -9.58. The molecule has 3 N–H and O–H groups in total. The number of thiophene rings is 1. The number of carboxylic acid groups (broad SMARTS) is 1. The van der Waals surface area contributed by atoms with Crippen molar-refractivity contribution in [2.45, 2.75) is 223 Å². The zero-order valence-corrected chi connectivity index (χ0v) is 77.7. The molecule has 0 spiro atoms. The number of sulfonamides is 2. The first-order valence-electron chi connectivity index (χ1n) is 40.2. The average Bonchev–Trinajstić information content (AvgIpc) is 0.950. The predicted octanol–water partition coefficient (Wildman–Crippen LogP) is 22.4. The molecule has 1 aromatic heterocycles. The van der Waals surface area contributed by atoms with E-state index in [4.69, 9.17) is 29.2 Å². The molecule has 0 bridgehead atoms. The lowest BCUT2D eigenvalue weighted by Gasteiger charge is -2.35. The molecule has 1 amide bonds. The molecular formula is C92H114F9N2O18S5+. The van der Waals surface area contributed by atoms with Gasteiger partial charge in [-0.1, -0.05) is 150 Å². The van der Waals surface area contributed by atoms with Gasteiger partial charge in [0.05, 0.1) is 33.6 Å². The summed E-state index contributed by atoms with van der Waals surface area (Å²) in [5, 5.41) is 7.81. The number of amides is 1. The van der Waals surface area contributed by atoms with Crippen LogP contribution in [0.5, 0.6) is 11.5 Å². The number of hydrogen-bond donors (Lipinski definition) is 3. The second kappa shape index (κ2) is 46.9. The van der Waals surface area contributed by atoms with E-state index in [2.05, 4.69) is 232 Å². The van der Waals surface area contributed by atoms with E-state index in [-0.39, 0.29) is 95.1 Å². The normalized spacial score (nSPS) is 12.6. The van der Waals surface area contributed by atoms with Gasteiger partial charge < -0.3 is 42.8 Å². The highest BCUT2D eigenvalue weighted by molar-refractivity contribution is 8.13. The molecule has 0 saturated carbocycles. The fourth-order valence-electron chi connectivity index (χ4n) is 10.2. The Kier molecular flexibility index (Phi) is 40.5. The van der Waals surface area contributed by atoms with Crippen LogP contribution in [0.15, 0.2) is 227 Å². The number of carbonyl (C=O) groups excluding carboxylic acids is 4.